The molecule has 0 aliphatic carbocycles. The molecule has 0 spiro atoms. The summed E-state index contributed by atoms with van der Waals surface area (Å²) in [5, 5.41) is 22.2. The second-order valence-electron chi connectivity index (χ2n) is 10.0. The molecule has 1 aliphatic heterocycles. The van der Waals surface area contributed by atoms with E-state index in [1.165, 1.54) is 41.3 Å². The van der Waals surface area contributed by atoms with Crippen LogP contribution in [0.15, 0.2) is 78.4 Å². The average molecular weight is 503 g/mol. The van der Waals surface area contributed by atoms with Gasteiger partial charge in [-0.1, -0.05) is 57.2 Å². The number of Topliss-reactive ketones (excluding diaryl/α,β-unsaturated/α-hetero) is 1. The molecule has 0 radical (unpaired) electrons. The van der Waals surface area contributed by atoms with E-state index < -0.39 is 28.4 Å². The van der Waals surface area contributed by atoms with E-state index in [9.17, 15) is 29.2 Å². The molecular formula is C29H27FN2O5. The monoisotopic (exact) mass is 502 g/mol. The van der Waals surface area contributed by atoms with Crippen molar-refractivity contribution >= 4 is 23.1 Å². The number of amides is 1. The van der Waals surface area contributed by atoms with Crippen molar-refractivity contribution in [1.29, 1.82) is 0 Å². The van der Waals surface area contributed by atoms with Crippen LogP contribution in [0.1, 0.15) is 49.1 Å². The number of aliphatic hydroxyl groups excluding tert-OH is 1. The predicted molar refractivity (Wildman–Crippen MR) is 137 cm³/mol. The number of halogens is 1. The van der Waals surface area contributed by atoms with E-state index in [1.54, 1.807) is 12.1 Å². The van der Waals surface area contributed by atoms with Crippen LogP contribution in [-0.2, 0) is 21.4 Å². The first-order valence-electron chi connectivity index (χ1n) is 11.9. The Labute approximate surface area is 214 Å². The lowest BCUT2D eigenvalue weighted by molar-refractivity contribution is -0.384. The molecule has 0 saturated carbocycles. The van der Waals surface area contributed by atoms with Crippen molar-refractivity contribution in [2.75, 3.05) is 6.54 Å². The van der Waals surface area contributed by atoms with E-state index >= 15 is 0 Å². The van der Waals surface area contributed by atoms with Crippen LogP contribution in [0, 0.1) is 15.9 Å². The summed E-state index contributed by atoms with van der Waals surface area (Å²) in [6.07, 6.45) is 0.376. The van der Waals surface area contributed by atoms with Crippen LogP contribution in [0.4, 0.5) is 10.1 Å². The molecule has 37 heavy (non-hydrogen) atoms. The smallest absolute Gasteiger partial charge is 0.295 e. The van der Waals surface area contributed by atoms with Gasteiger partial charge in [-0.2, -0.15) is 0 Å². The van der Waals surface area contributed by atoms with Crippen LogP contribution >= 0.6 is 0 Å². The molecule has 1 saturated heterocycles. The molecule has 0 aromatic heterocycles. The molecule has 190 valence electrons. The van der Waals surface area contributed by atoms with Gasteiger partial charge in [0.2, 0.25) is 0 Å². The number of carbonyl (C=O) groups is 2. The fourth-order valence-electron chi connectivity index (χ4n) is 4.42. The third-order valence-corrected chi connectivity index (χ3v) is 6.54. The van der Waals surface area contributed by atoms with Crippen molar-refractivity contribution in [3.63, 3.8) is 0 Å². The summed E-state index contributed by atoms with van der Waals surface area (Å²) in [6, 6.07) is 17.7. The lowest BCUT2D eigenvalue weighted by Gasteiger charge is -2.26. The lowest BCUT2D eigenvalue weighted by Crippen LogP contribution is -2.31. The van der Waals surface area contributed by atoms with Gasteiger partial charge in [0.1, 0.15) is 11.6 Å². The highest BCUT2D eigenvalue weighted by Crippen LogP contribution is 2.40. The first kappa shape index (κ1) is 25.8. The van der Waals surface area contributed by atoms with E-state index in [0.29, 0.717) is 12.0 Å². The number of hydrogen-bond acceptors (Lipinski definition) is 5. The van der Waals surface area contributed by atoms with Crippen LogP contribution in [-0.4, -0.2) is 33.2 Å². The molecule has 3 aromatic rings. The third kappa shape index (κ3) is 5.28. The van der Waals surface area contributed by atoms with Crippen LogP contribution in [0.2, 0.25) is 0 Å². The van der Waals surface area contributed by atoms with Gasteiger partial charge in [-0.25, -0.2) is 4.39 Å². The largest absolute Gasteiger partial charge is 0.507 e. The van der Waals surface area contributed by atoms with Crippen molar-refractivity contribution in [2.24, 2.45) is 0 Å². The van der Waals surface area contributed by atoms with Gasteiger partial charge in [0.05, 0.1) is 16.5 Å². The van der Waals surface area contributed by atoms with Crippen LogP contribution in [0.3, 0.4) is 0 Å². The molecule has 1 aliphatic rings. The van der Waals surface area contributed by atoms with E-state index in [-0.39, 0.29) is 34.6 Å². The second kappa shape index (κ2) is 9.97. The SMILES string of the molecule is CC(C)(C)c1ccc(C2/C(=C(/O)c3ccc([N+](=O)[O-])cc3)C(=O)C(=O)N2CCc2ccc(F)cc2)cc1. The first-order chi connectivity index (χ1) is 17.5. The standard InChI is InChI=1S/C29H27FN2O5/c1-29(2,3)21-10-6-19(7-11-21)25-24(26(33)20-8-14-23(15-9-20)32(36)37)27(34)28(35)31(25)17-16-18-4-12-22(30)13-5-18/h4-15,25,33H,16-17H2,1-3H3/b26-24-. The Morgan fingerprint density at radius 3 is 2.11 bits per heavy atom. The van der Waals surface area contributed by atoms with Crippen molar-refractivity contribution in [1.82, 2.24) is 4.90 Å². The fourth-order valence-corrected chi connectivity index (χ4v) is 4.42. The summed E-state index contributed by atoms with van der Waals surface area (Å²) in [5.74, 6) is -2.36. The molecule has 1 heterocycles. The van der Waals surface area contributed by atoms with Crippen molar-refractivity contribution in [3.05, 3.63) is 117 Å². The summed E-state index contributed by atoms with van der Waals surface area (Å²) in [7, 11) is 0. The van der Waals surface area contributed by atoms with Gasteiger partial charge in [-0.3, -0.25) is 19.7 Å². The second-order valence-corrected chi connectivity index (χ2v) is 10.0. The number of hydrogen-bond donors (Lipinski definition) is 1. The van der Waals surface area contributed by atoms with E-state index in [1.807, 2.05) is 24.3 Å². The van der Waals surface area contributed by atoms with Crippen LogP contribution in [0.25, 0.3) is 5.76 Å². The number of likely N-dealkylation sites (tertiary alicyclic amines) is 1. The highest BCUT2D eigenvalue weighted by Gasteiger charge is 2.45. The fraction of sp³-hybridized carbons (Fsp3) is 0.241. The van der Waals surface area contributed by atoms with Crippen molar-refractivity contribution < 1.29 is 24.0 Å². The summed E-state index contributed by atoms with van der Waals surface area (Å²) < 4.78 is 13.3. The number of nitro benzene ring substituents is 1. The maximum Gasteiger partial charge on any atom is 0.295 e. The van der Waals surface area contributed by atoms with Gasteiger partial charge >= 0.3 is 0 Å². The first-order valence-corrected chi connectivity index (χ1v) is 11.9. The number of aliphatic hydroxyl groups is 1. The minimum Gasteiger partial charge on any atom is -0.507 e. The zero-order chi connectivity index (χ0) is 26.9. The minimum atomic E-state index is -0.857. The topological polar surface area (TPSA) is 101 Å². The van der Waals surface area contributed by atoms with E-state index in [2.05, 4.69) is 20.8 Å². The van der Waals surface area contributed by atoms with E-state index in [0.717, 1.165) is 11.1 Å². The average Bonchev–Trinajstić information content (AvgIpc) is 3.12. The molecule has 1 amide bonds. The third-order valence-electron chi connectivity index (χ3n) is 6.54. The zero-order valence-electron chi connectivity index (χ0n) is 20.8. The Bertz CT molecular complexity index is 1370. The number of ketones is 1. The van der Waals surface area contributed by atoms with E-state index in [4.69, 9.17) is 0 Å². The summed E-state index contributed by atoms with van der Waals surface area (Å²) in [4.78, 5) is 38.2. The summed E-state index contributed by atoms with van der Waals surface area (Å²) in [6.45, 7) is 6.39. The molecule has 8 heteroatoms. The number of non-ortho nitro benzene ring substituents is 1. The Hall–Kier alpha value is -4.33. The minimum absolute atomic E-state index is 0.0820. The Kier molecular flexibility index (Phi) is 6.94. The molecule has 1 unspecified atom stereocenters. The van der Waals surface area contributed by atoms with Crippen LogP contribution in [0.5, 0.6) is 0 Å². The highest BCUT2D eigenvalue weighted by molar-refractivity contribution is 6.46. The van der Waals surface area contributed by atoms with Gasteiger partial charge in [0.25, 0.3) is 17.4 Å². The molecule has 7 nitrogen and oxygen atoms in total. The summed E-state index contributed by atoms with van der Waals surface area (Å²) >= 11 is 0. The number of rotatable bonds is 6. The van der Waals surface area contributed by atoms with Crippen molar-refractivity contribution in [3.8, 4) is 0 Å². The molecule has 1 N–H and O–H groups in total. The van der Waals surface area contributed by atoms with Gasteiger partial charge in [-0.15, -0.1) is 0 Å². The molecule has 1 atom stereocenters. The zero-order valence-corrected chi connectivity index (χ0v) is 20.8. The maximum atomic E-state index is 13.3. The Morgan fingerprint density at radius 2 is 1.57 bits per heavy atom. The predicted octanol–water partition coefficient (Wildman–Crippen LogP) is 5.70. The molecule has 0 bridgehead atoms. The Balaban J connectivity index is 1.78. The number of carbonyl (C=O) groups excluding carboxylic acids is 2. The number of nitrogens with zero attached hydrogens (tertiary/aromatic N) is 2. The molecule has 3 aromatic carbocycles. The van der Waals surface area contributed by atoms with Crippen molar-refractivity contribution in [2.45, 2.75) is 38.6 Å². The van der Waals surface area contributed by atoms with Crippen LogP contribution < -0.4 is 0 Å². The number of nitro groups is 1. The molecular weight excluding hydrogens is 475 g/mol. The Morgan fingerprint density at radius 1 is 0.973 bits per heavy atom. The normalized spacial score (nSPS) is 17.3. The van der Waals surface area contributed by atoms with Gasteiger partial charge < -0.3 is 10.0 Å². The molecule has 4 rings (SSSR count). The maximum absolute atomic E-state index is 13.3. The van der Waals surface area contributed by atoms with Gasteiger partial charge in [0.15, 0.2) is 0 Å². The van der Waals surface area contributed by atoms with Gasteiger partial charge in [-0.05, 0) is 52.8 Å². The van der Waals surface area contributed by atoms with Gasteiger partial charge in [0, 0.05) is 24.2 Å². The lowest BCUT2D eigenvalue weighted by atomic mass is 9.85. The number of benzene rings is 3. The molecule has 1 fully saturated rings. The quantitative estimate of drug-likeness (QED) is 0.153. The summed E-state index contributed by atoms with van der Waals surface area (Å²) in [5.41, 5.74) is 2.34. The highest BCUT2D eigenvalue weighted by atomic mass is 19.1.